The summed E-state index contributed by atoms with van der Waals surface area (Å²) in [6.07, 6.45) is -1.36. The number of hydrogen-bond donors (Lipinski definition) is 3. The Balaban J connectivity index is 2.03. The van der Waals surface area contributed by atoms with E-state index in [1.54, 1.807) is 0 Å². The van der Waals surface area contributed by atoms with Gasteiger partial charge in [-0.05, 0) is 28.8 Å². The van der Waals surface area contributed by atoms with Gasteiger partial charge in [0.15, 0.2) is 6.10 Å². The van der Waals surface area contributed by atoms with E-state index in [2.05, 4.69) is 0 Å². The highest BCUT2D eigenvalue weighted by Crippen LogP contribution is 2.23. The molecule has 22 heavy (non-hydrogen) atoms. The van der Waals surface area contributed by atoms with Crippen molar-refractivity contribution in [2.45, 2.75) is 18.9 Å². The molecule has 0 fully saturated rings. The first-order valence-electron chi connectivity index (χ1n) is 6.78. The van der Waals surface area contributed by atoms with E-state index in [4.69, 9.17) is 22.1 Å². The normalized spacial score (nSPS) is 11.9. The largest absolute Gasteiger partial charge is 0.479 e. The molecule has 0 aliphatic carbocycles. The molecular weight excluding hydrogens is 302 g/mol. The molecule has 0 saturated heterocycles. The number of halogens is 1. The number of aliphatic hydroxyl groups excluding tert-OH is 1. The van der Waals surface area contributed by atoms with Crippen molar-refractivity contribution in [2.24, 2.45) is 0 Å². The van der Waals surface area contributed by atoms with Gasteiger partial charge in [0.25, 0.3) is 0 Å². The minimum absolute atomic E-state index is 0.161. The number of carbonyl (C=O) groups is 1. The van der Waals surface area contributed by atoms with Crippen molar-refractivity contribution in [3.05, 3.63) is 59.1 Å². The van der Waals surface area contributed by atoms with Gasteiger partial charge in [-0.15, -0.1) is 0 Å². The van der Waals surface area contributed by atoms with Crippen molar-refractivity contribution in [2.75, 3.05) is 0 Å². The van der Waals surface area contributed by atoms with E-state index in [-0.39, 0.29) is 12.1 Å². The Labute approximate surface area is 133 Å². The van der Waals surface area contributed by atoms with E-state index in [1.165, 1.54) is 0 Å². The zero-order chi connectivity index (χ0) is 16.1. The molecular formula is C17H16ClNO3. The van der Waals surface area contributed by atoms with Gasteiger partial charge in [0, 0.05) is 23.6 Å². The van der Waals surface area contributed by atoms with Crippen molar-refractivity contribution in [3.8, 4) is 11.1 Å². The molecule has 2 aromatic carbocycles. The predicted molar refractivity (Wildman–Crippen MR) is 86.6 cm³/mol. The number of aliphatic hydroxyl groups is 1. The van der Waals surface area contributed by atoms with Crippen LogP contribution in [0.1, 0.15) is 12.0 Å². The van der Waals surface area contributed by atoms with Gasteiger partial charge in [-0.2, -0.15) is 0 Å². The summed E-state index contributed by atoms with van der Waals surface area (Å²) in [5.41, 5.74) is 3.11. The van der Waals surface area contributed by atoms with Crippen LogP contribution in [0.4, 0.5) is 0 Å². The Kier molecular flexibility index (Phi) is 5.31. The summed E-state index contributed by atoms with van der Waals surface area (Å²) in [7, 11) is 0. The number of carboxylic acid groups (broad SMARTS) is 1. The van der Waals surface area contributed by atoms with Crippen LogP contribution in [-0.4, -0.2) is 28.0 Å². The standard InChI is InChI=1S/C17H16ClNO3/c18-14-3-1-2-13(9-14)12-6-4-11(5-7-12)8-15(19)10-16(20)17(21)22/h1-7,9,16,19-20H,8,10H2,(H,21,22). The predicted octanol–water partition coefficient (Wildman–Crippen LogP) is 3.40. The Morgan fingerprint density at radius 3 is 2.41 bits per heavy atom. The summed E-state index contributed by atoms with van der Waals surface area (Å²) in [4.78, 5) is 10.6. The molecule has 0 radical (unpaired) electrons. The highest BCUT2D eigenvalue weighted by atomic mass is 35.5. The van der Waals surface area contributed by atoms with Gasteiger partial charge in [-0.1, -0.05) is 48.0 Å². The average molecular weight is 318 g/mol. The van der Waals surface area contributed by atoms with Gasteiger partial charge in [-0.25, -0.2) is 4.79 Å². The molecule has 114 valence electrons. The number of carboxylic acids is 1. The van der Waals surface area contributed by atoms with Gasteiger partial charge in [0.05, 0.1) is 0 Å². The highest BCUT2D eigenvalue weighted by Gasteiger charge is 2.15. The van der Waals surface area contributed by atoms with Crippen LogP contribution >= 0.6 is 11.6 Å². The first kappa shape index (κ1) is 16.2. The van der Waals surface area contributed by atoms with Crippen LogP contribution in [0.5, 0.6) is 0 Å². The lowest BCUT2D eigenvalue weighted by Crippen LogP contribution is -2.23. The Hall–Kier alpha value is -2.17. The summed E-state index contributed by atoms with van der Waals surface area (Å²) < 4.78 is 0. The molecule has 1 unspecified atom stereocenters. The second-order valence-electron chi connectivity index (χ2n) is 5.05. The van der Waals surface area contributed by atoms with Gasteiger partial charge in [0.2, 0.25) is 0 Å². The molecule has 1 atom stereocenters. The zero-order valence-corrected chi connectivity index (χ0v) is 12.5. The number of rotatable bonds is 6. The van der Waals surface area contributed by atoms with Gasteiger partial charge in [0.1, 0.15) is 0 Å². The quantitative estimate of drug-likeness (QED) is 0.714. The number of aliphatic carboxylic acids is 1. The third kappa shape index (κ3) is 4.41. The van der Waals surface area contributed by atoms with Crippen molar-refractivity contribution in [1.82, 2.24) is 0 Å². The molecule has 0 bridgehead atoms. The summed E-state index contributed by atoms with van der Waals surface area (Å²) in [6, 6.07) is 15.2. The third-order valence-electron chi connectivity index (χ3n) is 3.25. The van der Waals surface area contributed by atoms with Crippen molar-refractivity contribution < 1.29 is 15.0 Å². The number of nitrogens with one attached hydrogen (secondary N) is 1. The van der Waals surface area contributed by atoms with E-state index in [1.807, 2.05) is 48.5 Å². The second-order valence-corrected chi connectivity index (χ2v) is 5.48. The molecule has 0 aliphatic rings. The van der Waals surface area contributed by atoms with Crippen LogP contribution in [-0.2, 0) is 11.2 Å². The number of benzene rings is 2. The fraction of sp³-hybridized carbons (Fsp3) is 0.176. The maximum absolute atomic E-state index is 10.6. The third-order valence-corrected chi connectivity index (χ3v) is 3.49. The number of hydrogen-bond acceptors (Lipinski definition) is 3. The lowest BCUT2D eigenvalue weighted by molar-refractivity contribution is -0.146. The zero-order valence-electron chi connectivity index (χ0n) is 11.8. The van der Waals surface area contributed by atoms with Gasteiger partial charge in [-0.3, -0.25) is 0 Å². The van der Waals surface area contributed by atoms with Gasteiger partial charge >= 0.3 is 5.97 Å². The van der Waals surface area contributed by atoms with E-state index in [9.17, 15) is 9.90 Å². The molecule has 0 amide bonds. The Morgan fingerprint density at radius 1 is 1.14 bits per heavy atom. The molecule has 0 heterocycles. The maximum atomic E-state index is 10.6. The van der Waals surface area contributed by atoms with Crippen molar-refractivity contribution >= 4 is 23.3 Å². The second kappa shape index (κ2) is 7.20. The summed E-state index contributed by atoms with van der Waals surface area (Å²) in [5, 5.41) is 26.3. The lowest BCUT2D eigenvalue weighted by atomic mass is 10.00. The van der Waals surface area contributed by atoms with Crippen LogP contribution in [0.3, 0.4) is 0 Å². The molecule has 3 N–H and O–H groups in total. The van der Waals surface area contributed by atoms with Gasteiger partial charge < -0.3 is 15.6 Å². The van der Waals surface area contributed by atoms with E-state index >= 15 is 0 Å². The Bertz CT molecular complexity index is 683. The smallest absolute Gasteiger partial charge is 0.332 e. The topological polar surface area (TPSA) is 81.4 Å². The van der Waals surface area contributed by atoms with Crippen LogP contribution in [0.15, 0.2) is 48.5 Å². The molecule has 2 aromatic rings. The van der Waals surface area contributed by atoms with Crippen LogP contribution in [0.25, 0.3) is 11.1 Å². The first-order chi connectivity index (χ1) is 10.5. The average Bonchev–Trinajstić information content (AvgIpc) is 2.47. The highest BCUT2D eigenvalue weighted by molar-refractivity contribution is 6.30. The van der Waals surface area contributed by atoms with Crippen LogP contribution < -0.4 is 0 Å². The van der Waals surface area contributed by atoms with Crippen LogP contribution in [0, 0.1) is 5.41 Å². The summed E-state index contributed by atoms with van der Waals surface area (Å²) in [5.74, 6) is -1.30. The van der Waals surface area contributed by atoms with Crippen molar-refractivity contribution in [3.63, 3.8) is 0 Å². The molecule has 5 heteroatoms. The molecule has 0 saturated carbocycles. The monoisotopic (exact) mass is 317 g/mol. The minimum atomic E-state index is -1.52. The minimum Gasteiger partial charge on any atom is -0.479 e. The molecule has 0 aromatic heterocycles. The first-order valence-corrected chi connectivity index (χ1v) is 7.15. The Morgan fingerprint density at radius 2 is 1.82 bits per heavy atom. The fourth-order valence-corrected chi connectivity index (χ4v) is 2.31. The maximum Gasteiger partial charge on any atom is 0.332 e. The fourth-order valence-electron chi connectivity index (χ4n) is 2.12. The summed E-state index contributed by atoms with van der Waals surface area (Å²) >= 11 is 5.97. The molecule has 4 nitrogen and oxygen atoms in total. The van der Waals surface area contributed by atoms with E-state index in [0.29, 0.717) is 11.4 Å². The van der Waals surface area contributed by atoms with Crippen LogP contribution in [0.2, 0.25) is 5.02 Å². The van der Waals surface area contributed by atoms with E-state index < -0.39 is 12.1 Å². The van der Waals surface area contributed by atoms with E-state index in [0.717, 1.165) is 16.7 Å². The van der Waals surface area contributed by atoms with Crippen molar-refractivity contribution in [1.29, 1.82) is 5.41 Å². The lowest BCUT2D eigenvalue weighted by Gasteiger charge is -2.08. The summed E-state index contributed by atoms with van der Waals surface area (Å²) in [6.45, 7) is 0. The molecule has 0 aliphatic heterocycles. The SMILES string of the molecule is N=C(Cc1ccc(-c2cccc(Cl)c2)cc1)CC(O)C(=O)O. The molecule has 2 rings (SSSR count). The molecule has 0 spiro atoms.